The summed E-state index contributed by atoms with van der Waals surface area (Å²) in [4.78, 5) is 6.23. The molecule has 1 aromatic carbocycles. The predicted octanol–water partition coefficient (Wildman–Crippen LogP) is 3.50. The molecule has 0 amide bonds. The van der Waals surface area contributed by atoms with Crippen LogP contribution in [0.2, 0.25) is 0 Å². The normalized spacial score (nSPS) is 12.2. The summed E-state index contributed by atoms with van der Waals surface area (Å²) in [5, 5.41) is 0. The summed E-state index contributed by atoms with van der Waals surface area (Å²) in [6, 6.07) is 10.4. The van der Waals surface area contributed by atoms with Crippen molar-refractivity contribution in [3.63, 3.8) is 0 Å². The van der Waals surface area contributed by atoms with Crippen molar-refractivity contribution < 1.29 is 0 Å². The van der Waals surface area contributed by atoms with Crippen LogP contribution in [-0.4, -0.2) is 12.0 Å². The number of anilines is 1. The van der Waals surface area contributed by atoms with Gasteiger partial charge in [-0.1, -0.05) is 22.0 Å². The van der Waals surface area contributed by atoms with Gasteiger partial charge in [-0.05, 0) is 42.3 Å². The molecule has 0 saturated heterocycles. The molecule has 2 N–H and O–H groups in total. The first-order valence-electron chi connectivity index (χ1n) is 6.23. The smallest absolute Gasteiger partial charge is 0.0427 e. The molecule has 0 spiro atoms. The zero-order valence-corrected chi connectivity index (χ0v) is 12.8. The van der Waals surface area contributed by atoms with Gasteiger partial charge in [-0.25, -0.2) is 0 Å². The molecular formula is C15H18BrN3. The average molecular weight is 320 g/mol. The van der Waals surface area contributed by atoms with Crippen molar-refractivity contribution in [2.24, 2.45) is 5.73 Å². The molecule has 3 nitrogen and oxygen atoms in total. The van der Waals surface area contributed by atoms with Gasteiger partial charge in [0.05, 0.1) is 0 Å². The van der Waals surface area contributed by atoms with Crippen LogP contribution >= 0.6 is 15.9 Å². The third kappa shape index (κ3) is 3.55. The fourth-order valence-corrected chi connectivity index (χ4v) is 2.70. The summed E-state index contributed by atoms with van der Waals surface area (Å²) in [6.45, 7) is 2.84. The van der Waals surface area contributed by atoms with Crippen LogP contribution in [0.3, 0.4) is 0 Å². The van der Waals surface area contributed by atoms with Gasteiger partial charge in [-0.2, -0.15) is 0 Å². The molecule has 100 valence electrons. The van der Waals surface area contributed by atoms with Gasteiger partial charge >= 0.3 is 0 Å². The van der Waals surface area contributed by atoms with E-state index in [1.807, 2.05) is 31.5 Å². The second kappa shape index (κ2) is 6.17. The van der Waals surface area contributed by atoms with E-state index in [4.69, 9.17) is 5.73 Å². The van der Waals surface area contributed by atoms with Crippen molar-refractivity contribution in [3.8, 4) is 0 Å². The molecule has 0 aliphatic heterocycles. The third-order valence-electron chi connectivity index (χ3n) is 3.08. The minimum Gasteiger partial charge on any atom is -0.370 e. The Balaban J connectivity index is 2.16. The number of nitrogens with zero attached hydrogens (tertiary/aromatic N) is 2. The summed E-state index contributed by atoms with van der Waals surface area (Å²) in [6.07, 6.45) is 3.64. The maximum absolute atomic E-state index is 5.91. The molecule has 1 heterocycles. The van der Waals surface area contributed by atoms with Crippen molar-refractivity contribution in [3.05, 3.63) is 58.3 Å². The quantitative estimate of drug-likeness (QED) is 0.937. The summed E-state index contributed by atoms with van der Waals surface area (Å²) in [7, 11) is 2.08. The Morgan fingerprint density at radius 3 is 2.53 bits per heavy atom. The first-order valence-corrected chi connectivity index (χ1v) is 7.02. The Morgan fingerprint density at radius 2 is 1.95 bits per heavy atom. The van der Waals surface area contributed by atoms with Crippen molar-refractivity contribution in [1.82, 2.24) is 4.98 Å². The first-order chi connectivity index (χ1) is 9.08. The minimum absolute atomic E-state index is 0.0360. The van der Waals surface area contributed by atoms with Crippen LogP contribution < -0.4 is 10.6 Å². The summed E-state index contributed by atoms with van der Waals surface area (Å²) < 4.78 is 1.06. The van der Waals surface area contributed by atoms with Crippen LogP contribution in [0.15, 0.2) is 47.2 Å². The summed E-state index contributed by atoms with van der Waals surface area (Å²) in [5.74, 6) is 0. The third-order valence-corrected chi connectivity index (χ3v) is 3.77. The molecule has 1 atom stereocenters. The van der Waals surface area contributed by atoms with Crippen molar-refractivity contribution in [2.75, 3.05) is 11.9 Å². The van der Waals surface area contributed by atoms with Crippen LogP contribution in [0.5, 0.6) is 0 Å². The Kier molecular flexibility index (Phi) is 4.56. The van der Waals surface area contributed by atoms with Crippen molar-refractivity contribution >= 4 is 21.6 Å². The van der Waals surface area contributed by atoms with Gasteiger partial charge < -0.3 is 10.6 Å². The van der Waals surface area contributed by atoms with E-state index in [0.717, 1.165) is 22.3 Å². The van der Waals surface area contributed by atoms with Gasteiger partial charge in [-0.15, -0.1) is 0 Å². The Labute approximate surface area is 122 Å². The molecule has 2 rings (SSSR count). The molecule has 0 saturated carbocycles. The number of benzene rings is 1. The van der Waals surface area contributed by atoms with Gasteiger partial charge in [0.2, 0.25) is 0 Å². The lowest BCUT2D eigenvalue weighted by atomic mass is 10.1. The molecule has 0 radical (unpaired) electrons. The van der Waals surface area contributed by atoms with E-state index in [1.54, 1.807) is 0 Å². The zero-order valence-electron chi connectivity index (χ0n) is 11.2. The fourth-order valence-electron chi connectivity index (χ4n) is 1.98. The van der Waals surface area contributed by atoms with Gasteiger partial charge in [0, 0.05) is 42.2 Å². The van der Waals surface area contributed by atoms with Crippen LogP contribution in [-0.2, 0) is 6.54 Å². The molecular weight excluding hydrogens is 302 g/mol. The molecule has 0 fully saturated rings. The summed E-state index contributed by atoms with van der Waals surface area (Å²) in [5.41, 5.74) is 9.44. The van der Waals surface area contributed by atoms with E-state index < -0.39 is 0 Å². The maximum Gasteiger partial charge on any atom is 0.0427 e. The van der Waals surface area contributed by atoms with Gasteiger partial charge in [0.1, 0.15) is 0 Å². The number of aromatic nitrogens is 1. The second-order valence-corrected chi connectivity index (χ2v) is 5.56. The van der Waals surface area contributed by atoms with Crippen LogP contribution in [0.4, 0.5) is 5.69 Å². The van der Waals surface area contributed by atoms with E-state index in [1.165, 1.54) is 5.56 Å². The monoisotopic (exact) mass is 319 g/mol. The van der Waals surface area contributed by atoms with Crippen LogP contribution in [0.1, 0.15) is 24.1 Å². The number of halogens is 1. The zero-order chi connectivity index (χ0) is 13.8. The fraction of sp³-hybridized carbons (Fsp3) is 0.267. The summed E-state index contributed by atoms with van der Waals surface area (Å²) >= 11 is 3.58. The maximum atomic E-state index is 5.91. The highest BCUT2D eigenvalue weighted by molar-refractivity contribution is 9.10. The Bertz CT molecular complexity index is 540. The lowest BCUT2D eigenvalue weighted by Crippen LogP contribution is -2.16. The van der Waals surface area contributed by atoms with E-state index in [0.29, 0.717) is 0 Å². The Hall–Kier alpha value is -1.39. The van der Waals surface area contributed by atoms with E-state index in [9.17, 15) is 0 Å². The van der Waals surface area contributed by atoms with Crippen LogP contribution in [0.25, 0.3) is 0 Å². The second-order valence-electron chi connectivity index (χ2n) is 4.71. The van der Waals surface area contributed by atoms with Crippen molar-refractivity contribution in [1.29, 1.82) is 0 Å². The highest BCUT2D eigenvalue weighted by Gasteiger charge is 2.08. The standard InChI is InChI=1S/C15H18BrN3/c1-11(17)14-4-3-13(9-15(14)16)19(2)10-12-5-7-18-8-6-12/h3-9,11H,10,17H2,1-2H3/t11-/m0/s1. The number of nitrogens with two attached hydrogens (primary N) is 1. The molecule has 2 aromatic rings. The minimum atomic E-state index is 0.0360. The predicted molar refractivity (Wildman–Crippen MR) is 83.1 cm³/mol. The van der Waals surface area contributed by atoms with Gasteiger partial charge in [-0.3, -0.25) is 4.98 Å². The van der Waals surface area contributed by atoms with E-state index >= 15 is 0 Å². The molecule has 1 aromatic heterocycles. The molecule has 0 aliphatic rings. The average Bonchev–Trinajstić information content (AvgIpc) is 2.39. The van der Waals surface area contributed by atoms with E-state index in [2.05, 4.69) is 51.1 Å². The lowest BCUT2D eigenvalue weighted by Gasteiger charge is -2.21. The number of rotatable bonds is 4. The molecule has 4 heteroatoms. The van der Waals surface area contributed by atoms with Gasteiger partial charge in [0.25, 0.3) is 0 Å². The topological polar surface area (TPSA) is 42.1 Å². The largest absolute Gasteiger partial charge is 0.370 e. The Morgan fingerprint density at radius 1 is 1.26 bits per heavy atom. The lowest BCUT2D eigenvalue weighted by molar-refractivity contribution is 0.811. The molecule has 19 heavy (non-hydrogen) atoms. The van der Waals surface area contributed by atoms with Gasteiger partial charge in [0.15, 0.2) is 0 Å². The number of hydrogen-bond acceptors (Lipinski definition) is 3. The molecule has 0 unspecified atom stereocenters. The molecule has 0 aliphatic carbocycles. The van der Waals surface area contributed by atoms with Crippen LogP contribution in [0, 0.1) is 0 Å². The highest BCUT2D eigenvalue weighted by atomic mass is 79.9. The van der Waals surface area contributed by atoms with Crippen molar-refractivity contribution in [2.45, 2.75) is 19.5 Å². The van der Waals surface area contributed by atoms with E-state index in [-0.39, 0.29) is 6.04 Å². The number of hydrogen-bond donors (Lipinski definition) is 1. The first kappa shape index (κ1) is 14.0. The number of pyridine rings is 1. The highest BCUT2D eigenvalue weighted by Crippen LogP contribution is 2.27. The SMILES string of the molecule is C[C@H](N)c1ccc(N(C)Cc2ccncc2)cc1Br. The molecule has 0 bridgehead atoms.